The molecule has 0 aromatic heterocycles. The van der Waals surface area contributed by atoms with Gasteiger partial charge in [0.2, 0.25) is 0 Å². The topological polar surface area (TPSA) is 61.8 Å². The monoisotopic (exact) mass is 448 g/mol. The van der Waals surface area contributed by atoms with Crippen LogP contribution in [0, 0.1) is 5.41 Å². The first kappa shape index (κ1) is 22.6. The van der Waals surface area contributed by atoms with Crippen molar-refractivity contribution in [2.75, 3.05) is 32.8 Å². The zero-order chi connectivity index (χ0) is 22.7. The lowest BCUT2D eigenvalue weighted by atomic mass is 9.73. The van der Waals surface area contributed by atoms with Gasteiger partial charge in [-0.25, -0.2) is 4.79 Å². The molecule has 5 heteroatoms. The summed E-state index contributed by atoms with van der Waals surface area (Å²) in [6, 6.07) is 19.6. The fraction of sp³-hybridized carbons (Fsp3) is 0.536. The number of ether oxygens (including phenoxy) is 1. The van der Waals surface area contributed by atoms with Gasteiger partial charge in [-0.1, -0.05) is 42.5 Å². The molecule has 0 unspecified atom stereocenters. The second-order valence-corrected chi connectivity index (χ2v) is 10.3. The minimum Gasteiger partial charge on any atom is -0.478 e. The summed E-state index contributed by atoms with van der Waals surface area (Å²) in [5.74, 6) is -0.219. The van der Waals surface area contributed by atoms with E-state index < -0.39 is 5.97 Å². The highest BCUT2D eigenvalue weighted by molar-refractivity contribution is 5.87. The molecule has 176 valence electrons. The van der Waals surface area contributed by atoms with Crippen LogP contribution in [0.25, 0.3) is 0 Å². The lowest BCUT2D eigenvalue weighted by Crippen LogP contribution is -2.50. The van der Waals surface area contributed by atoms with Crippen LogP contribution < -0.4 is 5.32 Å². The van der Waals surface area contributed by atoms with Crippen LogP contribution in [-0.2, 0) is 11.2 Å². The number of rotatable bonds is 8. The van der Waals surface area contributed by atoms with E-state index in [1.54, 1.807) is 6.07 Å². The van der Waals surface area contributed by atoms with Crippen LogP contribution >= 0.6 is 0 Å². The normalized spacial score (nSPS) is 25.6. The van der Waals surface area contributed by atoms with Crippen LogP contribution in [0.15, 0.2) is 54.6 Å². The summed E-state index contributed by atoms with van der Waals surface area (Å²) in [5, 5.41) is 13.4. The maximum absolute atomic E-state index is 11.5. The van der Waals surface area contributed by atoms with Crippen molar-refractivity contribution in [3.63, 3.8) is 0 Å². The van der Waals surface area contributed by atoms with E-state index in [9.17, 15) is 9.90 Å². The number of hydrogen-bond acceptors (Lipinski definition) is 4. The van der Waals surface area contributed by atoms with Gasteiger partial charge in [0.25, 0.3) is 0 Å². The molecule has 2 heterocycles. The Hall–Kier alpha value is -2.21. The molecule has 5 nitrogen and oxygen atoms in total. The predicted molar refractivity (Wildman–Crippen MR) is 130 cm³/mol. The molecule has 33 heavy (non-hydrogen) atoms. The number of piperidine rings is 1. The first-order chi connectivity index (χ1) is 16.1. The molecular formula is C28H36N2O3. The van der Waals surface area contributed by atoms with Crippen molar-refractivity contribution >= 4 is 5.97 Å². The highest BCUT2D eigenvalue weighted by Crippen LogP contribution is 2.42. The Balaban J connectivity index is 1.26. The second kappa shape index (κ2) is 9.96. The largest absolute Gasteiger partial charge is 0.478 e. The zero-order valence-electron chi connectivity index (χ0n) is 19.4. The highest BCUT2D eigenvalue weighted by Gasteiger charge is 2.42. The Kier molecular flexibility index (Phi) is 6.81. The third-order valence-electron chi connectivity index (χ3n) is 8.08. The van der Waals surface area contributed by atoms with Crippen LogP contribution in [-0.4, -0.2) is 60.9 Å². The van der Waals surface area contributed by atoms with E-state index in [0.29, 0.717) is 23.6 Å². The molecule has 3 aliphatic rings. The summed E-state index contributed by atoms with van der Waals surface area (Å²) >= 11 is 0. The Morgan fingerprint density at radius 1 is 1.06 bits per heavy atom. The molecule has 0 amide bonds. The average molecular weight is 449 g/mol. The van der Waals surface area contributed by atoms with Crippen molar-refractivity contribution in [2.24, 2.45) is 5.41 Å². The lowest BCUT2D eigenvalue weighted by Gasteiger charge is -2.46. The van der Waals surface area contributed by atoms with E-state index in [0.717, 1.165) is 70.5 Å². The number of hydrogen-bond donors (Lipinski definition) is 2. The van der Waals surface area contributed by atoms with Crippen molar-refractivity contribution in [3.05, 3.63) is 71.3 Å². The summed E-state index contributed by atoms with van der Waals surface area (Å²) in [7, 11) is 0. The van der Waals surface area contributed by atoms with Gasteiger partial charge < -0.3 is 20.1 Å². The van der Waals surface area contributed by atoms with Gasteiger partial charge in [0.1, 0.15) is 0 Å². The fourth-order valence-corrected chi connectivity index (χ4v) is 5.91. The predicted octanol–water partition coefficient (Wildman–Crippen LogP) is 4.33. The third kappa shape index (κ3) is 5.48. The zero-order valence-corrected chi connectivity index (χ0v) is 19.4. The molecule has 1 aliphatic carbocycles. The highest BCUT2D eigenvalue weighted by atomic mass is 16.5. The maximum Gasteiger partial charge on any atom is 0.335 e. The second-order valence-electron chi connectivity index (χ2n) is 10.3. The van der Waals surface area contributed by atoms with Crippen LogP contribution in [0.2, 0.25) is 0 Å². The van der Waals surface area contributed by atoms with Gasteiger partial charge in [0.15, 0.2) is 0 Å². The number of carboxylic acid groups (broad SMARTS) is 1. The molecule has 0 spiro atoms. The van der Waals surface area contributed by atoms with Gasteiger partial charge in [-0.05, 0) is 80.3 Å². The molecule has 3 fully saturated rings. The van der Waals surface area contributed by atoms with Crippen molar-refractivity contribution in [1.29, 1.82) is 0 Å². The van der Waals surface area contributed by atoms with Gasteiger partial charge >= 0.3 is 5.97 Å². The van der Waals surface area contributed by atoms with Gasteiger partial charge in [0.05, 0.1) is 5.56 Å². The molecule has 0 radical (unpaired) electrons. The first-order valence-corrected chi connectivity index (χ1v) is 12.5. The molecule has 2 saturated heterocycles. The van der Waals surface area contributed by atoms with E-state index in [-0.39, 0.29) is 5.41 Å². The average Bonchev–Trinajstić information content (AvgIpc) is 3.65. The molecule has 2 atom stereocenters. The van der Waals surface area contributed by atoms with E-state index in [2.05, 4.69) is 46.6 Å². The molecule has 5 rings (SSSR count). The number of benzene rings is 2. The molecule has 2 aromatic carbocycles. The summed E-state index contributed by atoms with van der Waals surface area (Å²) in [6.07, 6.45) is 6.74. The van der Waals surface area contributed by atoms with Crippen molar-refractivity contribution in [3.8, 4) is 0 Å². The number of nitrogens with zero attached hydrogens (tertiary/aromatic N) is 1. The van der Waals surface area contributed by atoms with E-state index in [1.807, 2.05) is 12.1 Å². The molecule has 2 N–H and O–H groups in total. The van der Waals surface area contributed by atoms with Crippen molar-refractivity contribution in [1.82, 2.24) is 10.2 Å². The van der Waals surface area contributed by atoms with Gasteiger partial charge in [-0.2, -0.15) is 0 Å². The van der Waals surface area contributed by atoms with Gasteiger partial charge in [-0.3, -0.25) is 0 Å². The smallest absolute Gasteiger partial charge is 0.335 e. The quantitative estimate of drug-likeness (QED) is 0.629. The number of carbonyl (C=O) groups is 1. The van der Waals surface area contributed by atoms with Crippen LogP contribution in [0.3, 0.4) is 0 Å². The summed E-state index contributed by atoms with van der Waals surface area (Å²) in [5.41, 5.74) is 3.14. The fourth-order valence-electron chi connectivity index (χ4n) is 5.91. The van der Waals surface area contributed by atoms with Crippen molar-refractivity contribution < 1.29 is 14.6 Å². The van der Waals surface area contributed by atoms with E-state index in [1.165, 1.54) is 12.0 Å². The minimum atomic E-state index is -0.845. The third-order valence-corrected chi connectivity index (χ3v) is 8.08. The van der Waals surface area contributed by atoms with Gasteiger partial charge in [-0.15, -0.1) is 0 Å². The van der Waals surface area contributed by atoms with E-state index in [4.69, 9.17) is 4.74 Å². The SMILES string of the molecule is O=C(O)c1cccc(CC2(CN[C@@H]3C[C@H]3c3ccccc3)CCN(C3CCOCC3)CC2)c1. The standard InChI is InChI=1S/C28H36N2O3/c31-27(32)23-8-4-5-21(17-23)19-28(11-13-30(14-12-28)24-9-15-33-16-10-24)20-29-26-18-25(26)22-6-2-1-3-7-22/h1-8,17,24-26,29H,9-16,18-20H2,(H,31,32)/t25-,26+/m0/s1. The van der Waals surface area contributed by atoms with Gasteiger partial charge in [0, 0.05) is 37.8 Å². The summed E-state index contributed by atoms with van der Waals surface area (Å²) in [4.78, 5) is 14.2. The first-order valence-electron chi connectivity index (χ1n) is 12.5. The molecular weight excluding hydrogens is 412 g/mol. The molecule has 2 aromatic rings. The van der Waals surface area contributed by atoms with E-state index >= 15 is 0 Å². The number of aromatic carboxylic acids is 1. The van der Waals surface area contributed by atoms with Crippen LogP contribution in [0.5, 0.6) is 0 Å². The number of nitrogens with one attached hydrogen (secondary N) is 1. The Morgan fingerprint density at radius 2 is 1.82 bits per heavy atom. The number of likely N-dealkylation sites (tertiary alicyclic amines) is 1. The Bertz CT molecular complexity index is 933. The molecule has 1 saturated carbocycles. The van der Waals surface area contributed by atoms with Crippen LogP contribution in [0.1, 0.15) is 59.5 Å². The molecule has 0 bridgehead atoms. The maximum atomic E-state index is 11.5. The Labute approximate surface area is 197 Å². The van der Waals surface area contributed by atoms with Crippen LogP contribution in [0.4, 0.5) is 0 Å². The number of carboxylic acids is 1. The lowest BCUT2D eigenvalue weighted by molar-refractivity contribution is 0.00526. The molecule has 2 aliphatic heterocycles. The summed E-state index contributed by atoms with van der Waals surface area (Å²) in [6.45, 7) is 5.02. The summed E-state index contributed by atoms with van der Waals surface area (Å²) < 4.78 is 5.57. The van der Waals surface area contributed by atoms with Crippen molar-refractivity contribution in [2.45, 2.75) is 56.5 Å². The minimum absolute atomic E-state index is 0.169. The Morgan fingerprint density at radius 3 is 2.55 bits per heavy atom.